The highest BCUT2D eigenvalue weighted by atomic mass is 15.1. The Hall–Kier alpha value is -0.460. The first-order valence-corrected chi connectivity index (χ1v) is 4.68. The fourth-order valence-corrected chi connectivity index (χ4v) is 1.21. The Bertz CT molecular complexity index is 103. The van der Waals surface area contributed by atoms with Crippen molar-refractivity contribution in [2.75, 3.05) is 13.1 Å². The van der Waals surface area contributed by atoms with Crippen LogP contribution in [-0.2, 0) is 0 Å². The summed E-state index contributed by atoms with van der Waals surface area (Å²) in [5.41, 5.74) is 1.30. The van der Waals surface area contributed by atoms with E-state index < -0.39 is 0 Å². The molecule has 0 aromatic heterocycles. The summed E-state index contributed by atoms with van der Waals surface area (Å²) in [6.07, 6.45) is 3.70. The third-order valence-electron chi connectivity index (χ3n) is 2.03. The Morgan fingerprint density at radius 2 is 1.73 bits per heavy atom. The fraction of sp³-hybridized carbons (Fsp3) is 0.800. The maximum absolute atomic E-state index is 4.06. The Labute approximate surface area is 71.1 Å². The van der Waals surface area contributed by atoms with Crippen molar-refractivity contribution in [2.24, 2.45) is 0 Å². The second kappa shape index (κ2) is 6.26. The van der Waals surface area contributed by atoms with E-state index in [0.717, 1.165) is 19.5 Å². The lowest BCUT2D eigenvalue weighted by Crippen LogP contribution is -2.21. The van der Waals surface area contributed by atoms with Crippen LogP contribution in [0.1, 0.15) is 40.0 Å². The van der Waals surface area contributed by atoms with Gasteiger partial charge in [-0.2, -0.15) is 0 Å². The van der Waals surface area contributed by atoms with Gasteiger partial charge in [-0.1, -0.05) is 19.9 Å². The molecule has 1 heteroatoms. The van der Waals surface area contributed by atoms with Crippen LogP contribution in [0.5, 0.6) is 0 Å². The van der Waals surface area contributed by atoms with E-state index in [1.807, 2.05) is 0 Å². The normalized spacial score (nSPS) is 9.73. The molecule has 0 aliphatic rings. The summed E-state index contributed by atoms with van der Waals surface area (Å²) in [6.45, 7) is 12.8. The van der Waals surface area contributed by atoms with E-state index in [9.17, 15) is 0 Å². The summed E-state index contributed by atoms with van der Waals surface area (Å²) < 4.78 is 0. The van der Waals surface area contributed by atoms with Crippen molar-refractivity contribution < 1.29 is 0 Å². The van der Waals surface area contributed by atoms with Crippen molar-refractivity contribution >= 4 is 0 Å². The van der Waals surface area contributed by atoms with Crippen LogP contribution in [0.4, 0.5) is 0 Å². The van der Waals surface area contributed by atoms with E-state index in [1.54, 1.807) is 0 Å². The first-order chi connectivity index (χ1) is 5.26. The molecule has 0 aliphatic carbocycles. The van der Waals surface area contributed by atoms with Gasteiger partial charge >= 0.3 is 0 Å². The molecule has 0 atom stereocenters. The topological polar surface area (TPSA) is 3.24 Å². The van der Waals surface area contributed by atoms with Gasteiger partial charge in [0, 0.05) is 18.8 Å². The van der Waals surface area contributed by atoms with Gasteiger partial charge in [-0.15, -0.1) is 0 Å². The zero-order valence-electron chi connectivity index (χ0n) is 8.19. The van der Waals surface area contributed by atoms with Crippen LogP contribution < -0.4 is 0 Å². The molecule has 0 radical (unpaired) electrons. The van der Waals surface area contributed by atoms with Crippen LogP contribution in [0, 0.1) is 0 Å². The molecule has 11 heavy (non-hydrogen) atoms. The summed E-state index contributed by atoms with van der Waals surface area (Å²) in [4.78, 5) is 2.33. The monoisotopic (exact) mass is 155 g/mol. The summed E-state index contributed by atoms with van der Waals surface area (Å²) in [7, 11) is 0. The van der Waals surface area contributed by atoms with E-state index in [0.29, 0.717) is 0 Å². The lowest BCUT2D eigenvalue weighted by Gasteiger charge is -2.23. The van der Waals surface area contributed by atoms with Gasteiger partial charge in [0.1, 0.15) is 0 Å². The first kappa shape index (κ1) is 10.5. The average molecular weight is 155 g/mol. The van der Waals surface area contributed by atoms with Gasteiger partial charge < -0.3 is 4.90 Å². The number of hydrogen-bond acceptors (Lipinski definition) is 1. The van der Waals surface area contributed by atoms with Crippen molar-refractivity contribution in [2.45, 2.75) is 40.0 Å². The summed E-state index contributed by atoms with van der Waals surface area (Å²) in [5, 5.41) is 0. The van der Waals surface area contributed by atoms with Crippen LogP contribution >= 0.6 is 0 Å². The summed E-state index contributed by atoms with van der Waals surface area (Å²) in [6, 6.07) is 0. The third-order valence-corrected chi connectivity index (χ3v) is 2.03. The van der Waals surface area contributed by atoms with Crippen LogP contribution in [0.25, 0.3) is 0 Å². The molecule has 0 fully saturated rings. The molecular formula is C10H21N. The Kier molecular flexibility index (Phi) is 6.00. The van der Waals surface area contributed by atoms with E-state index in [2.05, 4.69) is 32.3 Å². The van der Waals surface area contributed by atoms with Gasteiger partial charge in [0.2, 0.25) is 0 Å². The van der Waals surface area contributed by atoms with Crippen LogP contribution in [-0.4, -0.2) is 18.0 Å². The molecule has 0 aromatic rings. The van der Waals surface area contributed by atoms with Crippen molar-refractivity contribution in [3.63, 3.8) is 0 Å². The number of nitrogens with zero attached hydrogens (tertiary/aromatic N) is 1. The Balaban J connectivity index is 3.61. The number of rotatable bonds is 6. The molecule has 0 spiro atoms. The van der Waals surface area contributed by atoms with Crippen LogP contribution in [0.3, 0.4) is 0 Å². The van der Waals surface area contributed by atoms with E-state index >= 15 is 0 Å². The molecule has 66 valence electrons. The predicted molar refractivity (Wildman–Crippen MR) is 51.6 cm³/mol. The van der Waals surface area contributed by atoms with Gasteiger partial charge in [-0.05, 0) is 26.7 Å². The summed E-state index contributed by atoms with van der Waals surface area (Å²) in [5.74, 6) is 0. The van der Waals surface area contributed by atoms with E-state index in [1.165, 1.54) is 18.5 Å². The minimum absolute atomic E-state index is 1.10. The molecular weight excluding hydrogens is 134 g/mol. The van der Waals surface area contributed by atoms with E-state index in [-0.39, 0.29) is 0 Å². The smallest absolute Gasteiger partial charge is 0.0146 e. The van der Waals surface area contributed by atoms with Gasteiger partial charge in [0.15, 0.2) is 0 Å². The molecule has 0 saturated heterocycles. The minimum atomic E-state index is 1.10. The Morgan fingerprint density at radius 1 is 1.18 bits per heavy atom. The highest BCUT2D eigenvalue weighted by molar-refractivity contribution is 4.92. The van der Waals surface area contributed by atoms with Gasteiger partial charge in [-0.3, -0.25) is 0 Å². The maximum Gasteiger partial charge on any atom is 0.0146 e. The quantitative estimate of drug-likeness (QED) is 0.570. The third kappa shape index (κ3) is 4.07. The molecule has 0 heterocycles. The maximum atomic E-state index is 4.06. The lowest BCUT2D eigenvalue weighted by molar-refractivity contribution is 0.366. The molecule has 1 nitrogen and oxygen atoms in total. The molecule has 0 bridgehead atoms. The molecule has 0 aromatic carbocycles. The van der Waals surface area contributed by atoms with Crippen molar-refractivity contribution in [3.05, 3.63) is 12.3 Å². The predicted octanol–water partition coefficient (Wildman–Crippen LogP) is 3.03. The lowest BCUT2D eigenvalue weighted by atomic mass is 10.2. The van der Waals surface area contributed by atoms with Gasteiger partial charge in [-0.25, -0.2) is 0 Å². The van der Waals surface area contributed by atoms with Gasteiger partial charge in [0.05, 0.1) is 0 Å². The van der Waals surface area contributed by atoms with Crippen molar-refractivity contribution in [1.29, 1.82) is 0 Å². The molecule has 0 saturated carbocycles. The second-order valence-corrected chi connectivity index (χ2v) is 2.84. The Morgan fingerprint density at radius 3 is 2.09 bits per heavy atom. The molecule has 0 unspecified atom stereocenters. The molecule has 0 N–H and O–H groups in total. The van der Waals surface area contributed by atoms with E-state index in [4.69, 9.17) is 0 Å². The molecule has 0 amide bonds. The number of unbranched alkanes of at least 4 members (excludes halogenated alkanes) is 1. The fourth-order valence-electron chi connectivity index (χ4n) is 1.21. The van der Waals surface area contributed by atoms with Crippen molar-refractivity contribution in [3.8, 4) is 0 Å². The molecule has 0 rings (SSSR count). The highest BCUT2D eigenvalue weighted by Crippen LogP contribution is 2.09. The SMILES string of the molecule is C=C(CCCC)N(CC)CC. The standard InChI is InChI=1S/C10H21N/c1-5-8-9-10(4)11(6-2)7-3/h4-9H2,1-3H3. The average Bonchev–Trinajstić information content (AvgIpc) is 2.03. The highest BCUT2D eigenvalue weighted by Gasteiger charge is 2.00. The largest absolute Gasteiger partial charge is 0.376 e. The van der Waals surface area contributed by atoms with Crippen LogP contribution in [0.15, 0.2) is 12.3 Å². The second-order valence-electron chi connectivity index (χ2n) is 2.84. The zero-order chi connectivity index (χ0) is 8.69. The molecule has 0 aliphatic heterocycles. The van der Waals surface area contributed by atoms with Gasteiger partial charge in [0.25, 0.3) is 0 Å². The summed E-state index contributed by atoms with van der Waals surface area (Å²) >= 11 is 0. The number of hydrogen-bond donors (Lipinski definition) is 0. The van der Waals surface area contributed by atoms with Crippen molar-refractivity contribution in [1.82, 2.24) is 4.90 Å². The zero-order valence-corrected chi connectivity index (χ0v) is 8.19. The number of allylic oxidation sites excluding steroid dienone is 1. The van der Waals surface area contributed by atoms with Crippen LogP contribution in [0.2, 0.25) is 0 Å². The minimum Gasteiger partial charge on any atom is -0.376 e. The first-order valence-electron chi connectivity index (χ1n) is 4.68.